The molecule has 1 aromatic heterocycles. The van der Waals surface area contributed by atoms with Crippen LogP contribution in [-0.2, 0) is 17.6 Å². The van der Waals surface area contributed by atoms with E-state index in [1.54, 1.807) is 6.07 Å². The van der Waals surface area contributed by atoms with Gasteiger partial charge in [0.1, 0.15) is 5.56 Å². The number of likely N-dealkylation sites (tertiary alicyclic amines) is 1. The number of likely N-dealkylation sites (N-methyl/N-ethyl adjacent to an activating group) is 1. The molecule has 0 unspecified atom stereocenters. The van der Waals surface area contributed by atoms with Crippen molar-refractivity contribution in [1.82, 2.24) is 15.2 Å². The van der Waals surface area contributed by atoms with Crippen molar-refractivity contribution in [3.05, 3.63) is 33.2 Å². The van der Waals surface area contributed by atoms with Crippen LogP contribution in [0.1, 0.15) is 41.4 Å². The highest BCUT2D eigenvalue weighted by molar-refractivity contribution is 5.94. The van der Waals surface area contributed by atoms with Gasteiger partial charge in [0.05, 0.1) is 12.1 Å². The number of hydrogen-bond acceptors (Lipinski definition) is 4. The van der Waals surface area contributed by atoms with Gasteiger partial charge in [0.25, 0.3) is 11.5 Å². The molecule has 2 N–H and O–H groups in total. The van der Waals surface area contributed by atoms with Gasteiger partial charge < -0.3 is 19.9 Å². The first-order valence-electron chi connectivity index (χ1n) is 8.44. The minimum atomic E-state index is -0.301. The first kappa shape index (κ1) is 16.2. The van der Waals surface area contributed by atoms with Gasteiger partial charge in [0.2, 0.25) is 0 Å². The fourth-order valence-electron chi connectivity index (χ4n) is 3.57. The third kappa shape index (κ3) is 3.48. The zero-order valence-corrected chi connectivity index (χ0v) is 13.9. The van der Waals surface area contributed by atoms with Crippen molar-refractivity contribution in [2.24, 2.45) is 0 Å². The molecule has 2 heterocycles. The van der Waals surface area contributed by atoms with Gasteiger partial charge in [-0.05, 0) is 51.3 Å². The van der Waals surface area contributed by atoms with Crippen LogP contribution in [-0.4, -0.2) is 54.7 Å². The molecular weight excluding hydrogens is 294 g/mol. The predicted molar refractivity (Wildman–Crippen MR) is 87.9 cm³/mol. The van der Waals surface area contributed by atoms with Crippen LogP contribution in [0, 0.1) is 0 Å². The Hall–Kier alpha value is -1.66. The molecule has 0 aromatic carbocycles. The Bertz CT molecular complexity index is 640. The molecule has 0 radical (unpaired) electrons. The SMILES string of the molecule is CCO[C@@H]1CN(C)C[C@H]1NC(=O)c1cc2c([nH]c1=O)CCCC2. The number of carbonyl (C=O) groups excluding carboxylic acids is 1. The van der Waals surface area contributed by atoms with E-state index >= 15 is 0 Å². The number of amides is 1. The molecule has 1 saturated heterocycles. The van der Waals surface area contributed by atoms with Crippen LogP contribution in [0.3, 0.4) is 0 Å². The second-order valence-corrected chi connectivity index (χ2v) is 6.52. The molecule has 6 nitrogen and oxygen atoms in total. The Morgan fingerprint density at radius 1 is 1.39 bits per heavy atom. The predicted octanol–water partition coefficient (Wildman–Crippen LogP) is 0.703. The minimum Gasteiger partial charge on any atom is -0.375 e. The normalized spacial score (nSPS) is 24.4. The lowest BCUT2D eigenvalue weighted by atomic mass is 9.95. The van der Waals surface area contributed by atoms with E-state index in [0.717, 1.165) is 50.0 Å². The fourth-order valence-corrected chi connectivity index (χ4v) is 3.57. The number of ether oxygens (including phenoxy) is 1. The van der Waals surface area contributed by atoms with E-state index in [-0.39, 0.29) is 29.2 Å². The Balaban J connectivity index is 1.77. The number of nitrogens with zero attached hydrogens (tertiary/aromatic N) is 1. The van der Waals surface area contributed by atoms with E-state index in [9.17, 15) is 9.59 Å². The summed E-state index contributed by atoms with van der Waals surface area (Å²) in [6, 6.07) is 1.69. The molecule has 1 aromatic rings. The molecule has 2 atom stereocenters. The molecule has 0 bridgehead atoms. The van der Waals surface area contributed by atoms with E-state index in [1.165, 1.54) is 0 Å². The average Bonchev–Trinajstić information content (AvgIpc) is 2.86. The van der Waals surface area contributed by atoms with Crippen LogP contribution < -0.4 is 10.9 Å². The fraction of sp³-hybridized carbons (Fsp3) is 0.647. The number of rotatable bonds is 4. The van der Waals surface area contributed by atoms with Gasteiger partial charge >= 0.3 is 0 Å². The molecule has 6 heteroatoms. The molecule has 3 rings (SSSR count). The quantitative estimate of drug-likeness (QED) is 0.857. The highest BCUT2D eigenvalue weighted by Gasteiger charge is 2.33. The summed E-state index contributed by atoms with van der Waals surface area (Å²) in [5.74, 6) is -0.301. The Morgan fingerprint density at radius 3 is 2.96 bits per heavy atom. The molecule has 1 fully saturated rings. The number of hydrogen-bond donors (Lipinski definition) is 2. The monoisotopic (exact) mass is 319 g/mol. The number of fused-ring (bicyclic) bond motifs is 1. The third-order valence-electron chi connectivity index (χ3n) is 4.73. The summed E-state index contributed by atoms with van der Waals surface area (Å²) in [7, 11) is 2.00. The molecule has 1 aliphatic carbocycles. The largest absolute Gasteiger partial charge is 0.375 e. The summed E-state index contributed by atoms with van der Waals surface area (Å²) < 4.78 is 5.70. The zero-order chi connectivity index (χ0) is 16.4. The van der Waals surface area contributed by atoms with Crippen molar-refractivity contribution in [3.8, 4) is 0 Å². The number of nitrogens with one attached hydrogen (secondary N) is 2. The molecule has 1 amide bonds. The lowest BCUT2D eigenvalue weighted by Gasteiger charge is -2.20. The maximum atomic E-state index is 12.6. The van der Waals surface area contributed by atoms with Gasteiger partial charge in [-0.3, -0.25) is 9.59 Å². The van der Waals surface area contributed by atoms with Crippen molar-refractivity contribution >= 4 is 5.91 Å². The van der Waals surface area contributed by atoms with Gasteiger partial charge in [-0.15, -0.1) is 0 Å². The highest BCUT2D eigenvalue weighted by Crippen LogP contribution is 2.19. The van der Waals surface area contributed by atoms with Crippen LogP contribution in [0.4, 0.5) is 0 Å². The molecule has 0 saturated carbocycles. The summed E-state index contributed by atoms with van der Waals surface area (Å²) >= 11 is 0. The van der Waals surface area contributed by atoms with Crippen molar-refractivity contribution in [2.45, 2.75) is 44.8 Å². The molecular formula is C17H25N3O3. The van der Waals surface area contributed by atoms with Crippen LogP contribution in [0.2, 0.25) is 0 Å². The van der Waals surface area contributed by atoms with E-state index in [0.29, 0.717) is 6.61 Å². The lowest BCUT2D eigenvalue weighted by molar-refractivity contribution is 0.0513. The van der Waals surface area contributed by atoms with Gasteiger partial charge in [-0.25, -0.2) is 0 Å². The number of aromatic nitrogens is 1. The topological polar surface area (TPSA) is 74.4 Å². The Morgan fingerprint density at radius 2 is 2.17 bits per heavy atom. The van der Waals surface area contributed by atoms with Crippen LogP contribution in [0.25, 0.3) is 0 Å². The summed E-state index contributed by atoms with van der Waals surface area (Å²) in [6.07, 6.45) is 4.01. The Kier molecular flexibility index (Phi) is 4.82. The molecule has 2 aliphatic rings. The zero-order valence-electron chi connectivity index (χ0n) is 13.9. The van der Waals surface area contributed by atoms with Gasteiger partial charge in [-0.1, -0.05) is 0 Å². The summed E-state index contributed by atoms with van der Waals surface area (Å²) in [5, 5.41) is 2.98. The van der Waals surface area contributed by atoms with Crippen LogP contribution >= 0.6 is 0 Å². The number of aromatic amines is 1. The number of H-pyrrole nitrogens is 1. The van der Waals surface area contributed by atoms with E-state index in [2.05, 4.69) is 15.2 Å². The average molecular weight is 319 g/mol. The lowest BCUT2D eigenvalue weighted by Crippen LogP contribution is -2.45. The molecule has 126 valence electrons. The number of carbonyl (C=O) groups is 1. The van der Waals surface area contributed by atoms with Gasteiger partial charge in [-0.2, -0.15) is 0 Å². The number of aryl methyl sites for hydroxylation is 2. The number of pyridine rings is 1. The van der Waals surface area contributed by atoms with Crippen molar-refractivity contribution in [3.63, 3.8) is 0 Å². The van der Waals surface area contributed by atoms with Crippen molar-refractivity contribution in [1.29, 1.82) is 0 Å². The summed E-state index contributed by atoms with van der Waals surface area (Å²) in [5.41, 5.74) is 2.02. The summed E-state index contributed by atoms with van der Waals surface area (Å²) in [6.45, 7) is 4.09. The van der Waals surface area contributed by atoms with E-state index in [1.807, 2.05) is 14.0 Å². The second-order valence-electron chi connectivity index (χ2n) is 6.52. The molecule has 0 spiro atoms. The Labute approximate surface area is 136 Å². The summed E-state index contributed by atoms with van der Waals surface area (Å²) in [4.78, 5) is 29.8. The maximum Gasteiger partial charge on any atom is 0.261 e. The molecule has 23 heavy (non-hydrogen) atoms. The van der Waals surface area contributed by atoms with Gasteiger partial charge in [0.15, 0.2) is 0 Å². The standard InChI is InChI=1S/C17H25N3O3/c1-3-23-15-10-20(2)9-14(15)19-17(22)12-8-11-6-4-5-7-13(11)18-16(12)21/h8,14-15H,3-7,9-10H2,1-2H3,(H,18,21)(H,19,22)/t14-,15-/m1/s1. The third-order valence-corrected chi connectivity index (χ3v) is 4.73. The first-order chi connectivity index (χ1) is 11.1. The smallest absolute Gasteiger partial charge is 0.261 e. The molecule has 1 aliphatic heterocycles. The van der Waals surface area contributed by atoms with E-state index < -0.39 is 0 Å². The minimum absolute atomic E-state index is 0.0225. The van der Waals surface area contributed by atoms with E-state index in [4.69, 9.17) is 4.74 Å². The van der Waals surface area contributed by atoms with Crippen molar-refractivity contribution < 1.29 is 9.53 Å². The van der Waals surface area contributed by atoms with Crippen molar-refractivity contribution in [2.75, 3.05) is 26.7 Å². The second kappa shape index (κ2) is 6.84. The highest BCUT2D eigenvalue weighted by atomic mass is 16.5. The van der Waals surface area contributed by atoms with Crippen LogP contribution in [0.5, 0.6) is 0 Å². The maximum absolute atomic E-state index is 12.6. The first-order valence-corrected chi connectivity index (χ1v) is 8.44. The van der Waals surface area contributed by atoms with Crippen LogP contribution in [0.15, 0.2) is 10.9 Å². The van der Waals surface area contributed by atoms with Gasteiger partial charge in [0, 0.05) is 25.4 Å².